The molecule has 0 saturated carbocycles. The third-order valence-corrected chi connectivity index (χ3v) is 5.02. The minimum atomic E-state index is -0.00876. The number of nitrogens with one attached hydrogen (secondary N) is 2. The molecular weight excluding hydrogens is 332 g/mol. The number of carbonyl (C=O) groups is 1. The van der Waals surface area contributed by atoms with Gasteiger partial charge in [0.05, 0.1) is 6.42 Å². The number of amides is 1. The average Bonchev–Trinajstić information content (AvgIpc) is 3.06. The van der Waals surface area contributed by atoms with Gasteiger partial charge in [-0.2, -0.15) is 0 Å². The first-order valence-electron chi connectivity index (χ1n) is 9.05. The van der Waals surface area contributed by atoms with Crippen molar-refractivity contribution in [1.82, 2.24) is 4.98 Å². The molecule has 0 unspecified atom stereocenters. The summed E-state index contributed by atoms with van der Waals surface area (Å²) >= 11 is 0. The molecule has 130 valence electrons. The Morgan fingerprint density at radius 3 is 2.41 bits per heavy atom. The summed E-state index contributed by atoms with van der Waals surface area (Å²) < 4.78 is 0. The molecule has 0 aliphatic carbocycles. The Balaban J connectivity index is 1.44. The van der Waals surface area contributed by atoms with Crippen LogP contribution in [0.2, 0.25) is 0 Å². The molecule has 0 aliphatic heterocycles. The van der Waals surface area contributed by atoms with Crippen molar-refractivity contribution < 1.29 is 4.79 Å². The first kappa shape index (κ1) is 15.6. The highest BCUT2D eigenvalue weighted by atomic mass is 16.1. The quantitative estimate of drug-likeness (QED) is 0.433. The van der Waals surface area contributed by atoms with Crippen molar-refractivity contribution in [2.75, 3.05) is 5.32 Å². The lowest BCUT2D eigenvalue weighted by atomic mass is 10.0. The molecule has 1 amide bonds. The van der Waals surface area contributed by atoms with Gasteiger partial charge in [-0.1, -0.05) is 60.7 Å². The van der Waals surface area contributed by atoms with Crippen LogP contribution in [0.25, 0.3) is 32.6 Å². The number of benzene rings is 4. The third-order valence-electron chi connectivity index (χ3n) is 5.02. The maximum Gasteiger partial charge on any atom is 0.228 e. The Bertz CT molecular complexity index is 1290. The van der Waals surface area contributed by atoms with Gasteiger partial charge in [0.2, 0.25) is 5.91 Å². The Labute approximate surface area is 156 Å². The van der Waals surface area contributed by atoms with E-state index in [-0.39, 0.29) is 5.91 Å². The minimum Gasteiger partial charge on any atom is -0.355 e. The summed E-state index contributed by atoms with van der Waals surface area (Å²) in [4.78, 5) is 16.1. The fourth-order valence-corrected chi connectivity index (χ4v) is 3.75. The lowest BCUT2D eigenvalue weighted by Crippen LogP contribution is -2.14. The number of H-pyrrole nitrogens is 1. The summed E-state index contributed by atoms with van der Waals surface area (Å²) in [6, 6.07) is 28.5. The van der Waals surface area contributed by atoms with Crippen LogP contribution in [0.1, 0.15) is 5.56 Å². The third kappa shape index (κ3) is 2.83. The van der Waals surface area contributed by atoms with Crippen molar-refractivity contribution in [2.45, 2.75) is 6.42 Å². The molecule has 0 radical (unpaired) electrons. The number of hydrogen-bond acceptors (Lipinski definition) is 1. The maximum absolute atomic E-state index is 12.6. The Morgan fingerprint density at radius 1 is 0.741 bits per heavy atom. The van der Waals surface area contributed by atoms with Crippen molar-refractivity contribution in [3.8, 4) is 0 Å². The minimum absolute atomic E-state index is 0.00876. The van der Waals surface area contributed by atoms with Gasteiger partial charge in [0.25, 0.3) is 0 Å². The van der Waals surface area contributed by atoms with Crippen LogP contribution in [0.15, 0.2) is 84.9 Å². The van der Waals surface area contributed by atoms with Gasteiger partial charge >= 0.3 is 0 Å². The predicted molar refractivity (Wildman–Crippen MR) is 112 cm³/mol. The predicted octanol–water partition coefficient (Wildman–Crippen LogP) is 5.66. The van der Waals surface area contributed by atoms with E-state index in [4.69, 9.17) is 0 Å². The van der Waals surface area contributed by atoms with Crippen molar-refractivity contribution in [3.63, 3.8) is 0 Å². The van der Waals surface area contributed by atoms with Gasteiger partial charge in [0.15, 0.2) is 0 Å². The van der Waals surface area contributed by atoms with Crippen molar-refractivity contribution in [2.24, 2.45) is 0 Å². The van der Waals surface area contributed by atoms with E-state index >= 15 is 0 Å². The fraction of sp³-hybridized carbons (Fsp3) is 0.0417. The number of aromatic amines is 1. The molecule has 4 aromatic carbocycles. The number of hydrogen-bond donors (Lipinski definition) is 2. The number of carbonyl (C=O) groups excluding carboxylic acids is 1. The van der Waals surface area contributed by atoms with Crippen LogP contribution in [-0.4, -0.2) is 10.9 Å². The van der Waals surface area contributed by atoms with Gasteiger partial charge in [-0.05, 0) is 40.6 Å². The second-order valence-corrected chi connectivity index (χ2v) is 6.79. The highest BCUT2D eigenvalue weighted by Crippen LogP contribution is 2.28. The lowest BCUT2D eigenvalue weighted by Gasteiger charge is -2.08. The van der Waals surface area contributed by atoms with Crippen LogP contribution in [0.5, 0.6) is 0 Å². The molecule has 1 heterocycles. The van der Waals surface area contributed by atoms with Gasteiger partial charge in [-0.25, -0.2) is 0 Å². The molecular formula is C24H18N2O. The highest BCUT2D eigenvalue weighted by molar-refractivity contribution is 6.09. The number of rotatable bonds is 3. The molecule has 0 saturated heterocycles. The van der Waals surface area contributed by atoms with E-state index in [1.807, 2.05) is 54.6 Å². The molecule has 1 aromatic heterocycles. The van der Waals surface area contributed by atoms with Crippen LogP contribution in [0.3, 0.4) is 0 Å². The number of fused-ring (bicyclic) bond motifs is 4. The van der Waals surface area contributed by atoms with E-state index in [1.165, 1.54) is 0 Å². The van der Waals surface area contributed by atoms with Gasteiger partial charge in [-0.3, -0.25) is 4.79 Å². The molecule has 0 aliphatic rings. The van der Waals surface area contributed by atoms with E-state index in [1.54, 1.807) is 0 Å². The van der Waals surface area contributed by atoms with Crippen LogP contribution < -0.4 is 5.32 Å². The van der Waals surface area contributed by atoms with Crippen molar-refractivity contribution >= 4 is 44.2 Å². The number of anilines is 1. The summed E-state index contributed by atoms with van der Waals surface area (Å²) in [5.74, 6) is -0.00876. The number of aromatic nitrogens is 1. The lowest BCUT2D eigenvalue weighted by molar-refractivity contribution is -0.115. The standard InChI is InChI=1S/C24H18N2O/c27-24(14-17-8-5-7-16-6-1-2-9-19(16)17)25-18-12-13-23-21(15-18)20-10-3-4-11-22(20)26-23/h1-13,15,26H,14H2,(H,25,27). The zero-order valence-electron chi connectivity index (χ0n) is 14.7. The van der Waals surface area contributed by atoms with Crippen LogP contribution >= 0.6 is 0 Å². The molecule has 27 heavy (non-hydrogen) atoms. The summed E-state index contributed by atoms with van der Waals surface area (Å²) in [5, 5.41) is 7.62. The average molecular weight is 350 g/mol. The van der Waals surface area contributed by atoms with Gasteiger partial charge in [0, 0.05) is 27.5 Å². The maximum atomic E-state index is 12.6. The Kier molecular flexibility index (Phi) is 3.65. The summed E-state index contributed by atoms with van der Waals surface area (Å²) in [6.45, 7) is 0. The molecule has 3 heteroatoms. The molecule has 0 fully saturated rings. The van der Waals surface area contributed by atoms with E-state index < -0.39 is 0 Å². The number of para-hydroxylation sites is 1. The summed E-state index contributed by atoms with van der Waals surface area (Å²) in [5.41, 5.74) is 4.03. The first-order valence-corrected chi connectivity index (χ1v) is 9.05. The first-order chi connectivity index (χ1) is 13.3. The molecule has 0 spiro atoms. The second kappa shape index (κ2) is 6.29. The molecule has 5 rings (SSSR count). The zero-order valence-corrected chi connectivity index (χ0v) is 14.7. The Morgan fingerprint density at radius 2 is 1.48 bits per heavy atom. The monoisotopic (exact) mass is 350 g/mol. The zero-order chi connectivity index (χ0) is 18.2. The van der Waals surface area contributed by atoms with Crippen molar-refractivity contribution in [3.05, 3.63) is 90.5 Å². The van der Waals surface area contributed by atoms with Gasteiger partial charge in [0.1, 0.15) is 0 Å². The molecule has 5 aromatic rings. The van der Waals surface area contributed by atoms with Gasteiger partial charge < -0.3 is 10.3 Å². The fourth-order valence-electron chi connectivity index (χ4n) is 3.75. The van der Waals surface area contributed by atoms with E-state index in [2.05, 4.69) is 40.6 Å². The summed E-state index contributed by atoms with van der Waals surface area (Å²) in [7, 11) is 0. The van der Waals surface area contributed by atoms with Crippen LogP contribution in [-0.2, 0) is 11.2 Å². The van der Waals surface area contributed by atoms with Crippen LogP contribution in [0.4, 0.5) is 5.69 Å². The topological polar surface area (TPSA) is 44.9 Å². The normalized spacial score (nSPS) is 11.3. The smallest absolute Gasteiger partial charge is 0.228 e. The second-order valence-electron chi connectivity index (χ2n) is 6.79. The molecule has 0 bridgehead atoms. The SMILES string of the molecule is O=C(Cc1cccc2ccccc12)Nc1ccc2[nH]c3ccccc3c2c1. The highest BCUT2D eigenvalue weighted by Gasteiger charge is 2.09. The van der Waals surface area contributed by atoms with E-state index in [0.29, 0.717) is 6.42 Å². The molecule has 3 nitrogen and oxygen atoms in total. The summed E-state index contributed by atoms with van der Waals surface area (Å²) in [6.07, 6.45) is 0.354. The van der Waals surface area contributed by atoms with Gasteiger partial charge in [-0.15, -0.1) is 0 Å². The van der Waals surface area contributed by atoms with Crippen LogP contribution in [0, 0.1) is 0 Å². The molecule has 0 atom stereocenters. The molecule has 2 N–H and O–H groups in total. The van der Waals surface area contributed by atoms with E-state index in [0.717, 1.165) is 43.8 Å². The largest absolute Gasteiger partial charge is 0.355 e. The Hall–Kier alpha value is -3.59. The van der Waals surface area contributed by atoms with Crippen molar-refractivity contribution in [1.29, 1.82) is 0 Å². The van der Waals surface area contributed by atoms with E-state index in [9.17, 15) is 4.79 Å².